The maximum Gasteiger partial charge on any atom is 0.0589 e. The van der Waals surface area contributed by atoms with E-state index < -0.39 is 0 Å². The van der Waals surface area contributed by atoms with Crippen molar-refractivity contribution in [3.8, 4) is 0 Å². The second-order valence-corrected chi connectivity index (χ2v) is 7.17. The Labute approximate surface area is 145 Å². The van der Waals surface area contributed by atoms with Crippen LogP contribution < -0.4 is 5.73 Å². The minimum Gasteiger partial charge on any atom is -0.383 e. The fraction of sp³-hybridized carbons (Fsp3) is 0.600. The monoisotopic (exact) mass is 329 g/mol. The van der Waals surface area contributed by atoms with Crippen LogP contribution in [0.3, 0.4) is 0 Å². The van der Waals surface area contributed by atoms with Gasteiger partial charge in [0.25, 0.3) is 0 Å². The van der Waals surface area contributed by atoms with Gasteiger partial charge in [0.2, 0.25) is 0 Å². The second kappa shape index (κ2) is 7.26. The minimum absolute atomic E-state index is 0.304. The van der Waals surface area contributed by atoms with Gasteiger partial charge in [0, 0.05) is 56.4 Å². The molecule has 4 nitrogen and oxygen atoms in total. The molecule has 1 atom stereocenters. The summed E-state index contributed by atoms with van der Waals surface area (Å²) >= 11 is 0. The van der Waals surface area contributed by atoms with Gasteiger partial charge in [-0.25, -0.2) is 0 Å². The Morgan fingerprint density at radius 2 is 1.96 bits per heavy atom. The first-order chi connectivity index (χ1) is 11.5. The summed E-state index contributed by atoms with van der Waals surface area (Å²) in [5, 5.41) is 1.42. The summed E-state index contributed by atoms with van der Waals surface area (Å²) in [6.45, 7) is 8.28. The molecule has 1 aromatic heterocycles. The van der Waals surface area contributed by atoms with Crippen molar-refractivity contribution in [3.63, 3.8) is 0 Å². The van der Waals surface area contributed by atoms with Crippen LogP contribution in [0.4, 0.5) is 0 Å². The molecular formula is C20H31N3O. The fourth-order valence-corrected chi connectivity index (χ4v) is 3.83. The first kappa shape index (κ1) is 17.5. The molecule has 1 unspecified atom stereocenters. The topological polar surface area (TPSA) is 43.4 Å². The summed E-state index contributed by atoms with van der Waals surface area (Å²) in [7, 11) is 3.96. The Morgan fingerprint density at radius 1 is 1.25 bits per heavy atom. The van der Waals surface area contributed by atoms with Crippen molar-refractivity contribution in [2.45, 2.75) is 52.2 Å². The van der Waals surface area contributed by atoms with Crippen LogP contribution in [0.1, 0.15) is 42.1 Å². The largest absolute Gasteiger partial charge is 0.383 e. The molecule has 24 heavy (non-hydrogen) atoms. The van der Waals surface area contributed by atoms with Crippen molar-refractivity contribution < 1.29 is 4.74 Å². The zero-order valence-electron chi connectivity index (χ0n) is 15.6. The van der Waals surface area contributed by atoms with Crippen LogP contribution in [0.2, 0.25) is 0 Å². The highest BCUT2D eigenvalue weighted by Gasteiger charge is 2.22. The van der Waals surface area contributed by atoms with E-state index in [0.29, 0.717) is 6.04 Å². The number of benzene rings is 1. The number of nitrogens with zero attached hydrogens (tertiary/aromatic N) is 2. The second-order valence-electron chi connectivity index (χ2n) is 7.17. The van der Waals surface area contributed by atoms with Crippen molar-refractivity contribution in [2.24, 2.45) is 12.8 Å². The van der Waals surface area contributed by atoms with E-state index in [4.69, 9.17) is 10.5 Å². The molecule has 0 spiro atoms. The smallest absolute Gasteiger partial charge is 0.0589 e. The zero-order valence-corrected chi connectivity index (χ0v) is 15.6. The average molecular weight is 329 g/mol. The molecule has 0 radical (unpaired) electrons. The zero-order chi connectivity index (χ0) is 17.3. The Kier molecular flexibility index (Phi) is 5.28. The lowest BCUT2D eigenvalue weighted by molar-refractivity contribution is 0.147. The predicted molar refractivity (Wildman–Crippen MR) is 100 cm³/mol. The highest BCUT2D eigenvalue weighted by Crippen LogP contribution is 2.33. The Morgan fingerprint density at radius 3 is 2.62 bits per heavy atom. The number of fused-ring (bicyclic) bond motifs is 2. The molecule has 132 valence electrons. The van der Waals surface area contributed by atoms with Crippen LogP contribution in [0, 0.1) is 6.92 Å². The fourth-order valence-electron chi connectivity index (χ4n) is 3.83. The van der Waals surface area contributed by atoms with Crippen LogP contribution in [0.15, 0.2) is 12.1 Å². The van der Waals surface area contributed by atoms with E-state index in [-0.39, 0.29) is 0 Å². The molecule has 2 aromatic rings. The maximum absolute atomic E-state index is 6.15. The van der Waals surface area contributed by atoms with Gasteiger partial charge >= 0.3 is 0 Å². The summed E-state index contributed by atoms with van der Waals surface area (Å²) in [5.74, 6) is 0. The highest BCUT2D eigenvalue weighted by molar-refractivity contribution is 5.87. The average Bonchev–Trinajstić information content (AvgIpc) is 3.08. The maximum atomic E-state index is 6.15. The number of rotatable bonds is 7. The lowest BCUT2D eigenvalue weighted by atomic mass is 9.99. The first-order valence-electron chi connectivity index (χ1n) is 9.11. The van der Waals surface area contributed by atoms with Gasteiger partial charge in [-0.05, 0) is 55.0 Å². The molecule has 0 fully saturated rings. The predicted octanol–water partition coefficient (Wildman–Crippen LogP) is 3.12. The van der Waals surface area contributed by atoms with Gasteiger partial charge < -0.3 is 15.0 Å². The number of aromatic nitrogens is 1. The number of ether oxygens (including phenoxy) is 1. The standard InChI is InChI=1S/C20H31N3O/c1-5-17(21)6-7-18-14(2)22(3)20-11-16-13-23(8-9-24-4)12-15(16)10-19(18)20/h10-11,17H,5-9,12-13,21H2,1-4H3. The third-order valence-corrected chi connectivity index (χ3v) is 5.63. The molecule has 4 heteroatoms. The van der Waals surface area contributed by atoms with E-state index in [1.165, 1.54) is 33.3 Å². The van der Waals surface area contributed by atoms with Crippen molar-refractivity contribution in [1.29, 1.82) is 0 Å². The van der Waals surface area contributed by atoms with Gasteiger partial charge in [-0.15, -0.1) is 0 Å². The molecular weight excluding hydrogens is 298 g/mol. The van der Waals surface area contributed by atoms with E-state index in [1.807, 2.05) is 0 Å². The van der Waals surface area contributed by atoms with Crippen LogP contribution in [-0.2, 0) is 31.3 Å². The summed E-state index contributed by atoms with van der Waals surface area (Å²) in [6, 6.07) is 5.13. The van der Waals surface area contributed by atoms with Gasteiger partial charge in [0.15, 0.2) is 0 Å². The van der Waals surface area contributed by atoms with E-state index in [1.54, 1.807) is 7.11 Å². The normalized spacial score (nSPS) is 16.0. The Bertz CT molecular complexity index is 719. The molecule has 1 aliphatic heterocycles. The summed E-state index contributed by atoms with van der Waals surface area (Å²) in [4.78, 5) is 2.46. The lowest BCUT2D eigenvalue weighted by Gasteiger charge is -2.13. The molecule has 0 saturated heterocycles. The number of hydrogen-bond donors (Lipinski definition) is 1. The van der Waals surface area contributed by atoms with E-state index in [0.717, 1.165) is 45.5 Å². The van der Waals surface area contributed by atoms with Crippen LogP contribution in [-0.4, -0.2) is 35.8 Å². The number of hydrogen-bond acceptors (Lipinski definition) is 3. The van der Waals surface area contributed by atoms with E-state index >= 15 is 0 Å². The Hall–Kier alpha value is -1.36. The van der Waals surface area contributed by atoms with Crippen LogP contribution in [0.5, 0.6) is 0 Å². The van der Waals surface area contributed by atoms with E-state index in [2.05, 4.69) is 42.5 Å². The first-order valence-corrected chi connectivity index (χ1v) is 9.11. The lowest BCUT2D eigenvalue weighted by Crippen LogP contribution is -2.21. The minimum atomic E-state index is 0.304. The molecule has 2 N–H and O–H groups in total. The summed E-state index contributed by atoms with van der Waals surface area (Å²) in [6.07, 6.45) is 3.19. The van der Waals surface area contributed by atoms with Crippen molar-refractivity contribution in [3.05, 3.63) is 34.5 Å². The molecule has 1 aromatic carbocycles. The summed E-state index contributed by atoms with van der Waals surface area (Å²) in [5.41, 5.74) is 13.3. The van der Waals surface area contributed by atoms with Gasteiger partial charge in [-0.1, -0.05) is 6.92 Å². The molecule has 0 aliphatic carbocycles. The summed E-state index contributed by atoms with van der Waals surface area (Å²) < 4.78 is 7.57. The van der Waals surface area contributed by atoms with Crippen molar-refractivity contribution in [1.82, 2.24) is 9.47 Å². The Balaban J connectivity index is 1.90. The molecule has 2 heterocycles. The molecule has 1 aliphatic rings. The number of aryl methyl sites for hydroxylation is 2. The van der Waals surface area contributed by atoms with E-state index in [9.17, 15) is 0 Å². The van der Waals surface area contributed by atoms with Gasteiger partial charge in [-0.2, -0.15) is 0 Å². The molecule has 0 saturated carbocycles. The third-order valence-electron chi connectivity index (χ3n) is 5.63. The highest BCUT2D eigenvalue weighted by atomic mass is 16.5. The van der Waals surface area contributed by atoms with Crippen LogP contribution in [0.25, 0.3) is 10.9 Å². The molecule has 3 rings (SSSR count). The van der Waals surface area contributed by atoms with Gasteiger partial charge in [-0.3, -0.25) is 4.90 Å². The van der Waals surface area contributed by atoms with Crippen molar-refractivity contribution in [2.75, 3.05) is 20.3 Å². The molecule has 0 bridgehead atoms. The number of methoxy groups -OCH3 is 1. The van der Waals surface area contributed by atoms with Crippen LogP contribution >= 0.6 is 0 Å². The quantitative estimate of drug-likeness (QED) is 0.849. The third kappa shape index (κ3) is 3.23. The van der Waals surface area contributed by atoms with Crippen molar-refractivity contribution >= 4 is 10.9 Å². The number of nitrogens with two attached hydrogens (primary N) is 1. The van der Waals surface area contributed by atoms with Gasteiger partial charge in [0.05, 0.1) is 6.61 Å². The SMILES string of the molecule is CCC(N)CCc1c(C)n(C)c2cc3c(cc12)CN(CCOC)C3. The molecule has 0 amide bonds. The van der Waals surface area contributed by atoms with Gasteiger partial charge in [0.1, 0.15) is 0 Å².